The highest BCUT2D eigenvalue weighted by Gasteiger charge is 2.47. The van der Waals surface area contributed by atoms with Gasteiger partial charge in [0.2, 0.25) is 0 Å². The van der Waals surface area contributed by atoms with E-state index in [-0.39, 0.29) is 22.6 Å². The molecule has 41 heavy (non-hydrogen) atoms. The van der Waals surface area contributed by atoms with Gasteiger partial charge in [0.1, 0.15) is 11.0 Å². The van der Waals surface area contributed by atoms with Crippen molar-refractivity contribution >= 4 is 45.5 Å². The van der Waals surface area contributed by atoms with Crippen LogP contribution in [-0.4, -0.2) is 20.5 Å². The summed E-state index contributed by atoms with van der Waals surface area (Å²) in [5.41, 5.74) is 11.6. The van der Waals surface area contributed by atoms with Crippen LogP contribution in [0.25, 0.3) is 16.9 Å². The lowest BCUT2D eigenvalue weighted by Crippen LogP contribution is -2.42. The molecular weight excluding hydrogens is 575 g/mol. The van der Waals surface area contributed by atoms with Crippen LogP contribution in [-0.2, 0) is 4.79 Å². The third-order valence-corrected chi connectivity index (χ3v) is 8.95. The molecule has 2 N–H and O–H groups in total. The van der Waals surface area contributed by atoms with Crippen molar-refractivity contribution in [2.24, 2.45) is 11.1 Å². The number of ketones is 1. The van der Waals surface area contributed by atoms with E-state index in [0.717, 1.165) is 17.0 Å². The first-order valence-corrected chi connectivity index (χ1v) is 14.7. The molecule has 0 bridgehead atoms. The number of allylic oxidation sites excluding steroid dienone is 3. The van der Waals surface area contributed by atoms with Crippen molar-refractivity contribution in [3.63, 3.8) is 0 Å². The lowest BCUT2D eigenvalue weighted by atomic mass is 9.68. The standard InChI is InChI=1S/C31H26Cl2N6OS/c1-17-25(28(33)39(37-17)20-11-7-10-19(32)12-20)26-21(15-34)29(35)38(23-13-31(2,3)14-24(40)27(23)26)30-36-22(16-41-30)18-8-5-4-6-9-18/h4-12,16,26H,13-14,35H2,1-3H3. The fourth-order valence-corrected chi connectivity index (χ4v) is 7.18. The minimum absolute atomic E-state index is 0.0442. The van der Waals surface area contributed by atoms with Gasteiger partial charge in [-0.1, -0.05) is 73.4 Å². The van der Waals surface area contributed by atoms with Gasteiger partial charge in [-0.2, -0.15) is 10.4 Å². The molecule has 1 unspecified atom stereocenters. The number of rotatable bonds is 4. The fourth-order valence-electron chi connectivity index (χ4n) is 5.74. The Morgan fingerprint density at radius 1 is 1.12 bits per heavy atom. The molecule has 2 aromatic heterocycles. The van der Waals surface area contributed by atoms with Crippen LogP contribution in [0.2, 0.25) is 10.2 Å². The Labute approximate surface area is 252 Å². The molecule has 0 spiro atoms. The maximum Gasteiger partial charge on any atom is 0.195 e. The first-order valence-electron chi connectivity index (χ1n) is 13.1. The van der Waals surface area contributed by atoms with E-state index in [4.69, 9.17) is 39.0 Å². The summed E-state index contributed by atoms with van der Waals surface area (Å²) in [6.07, 6.45) is 0.907. The average molecular weight is 602 g/mol. The molecule has 0 fully saturated rings. The Morgan fingerprint density at radius 3 is 2.59 bits per heavy atom. The van der Waals surface area contributed by atoms with Crippen molar-refractivity contribution < 1.29 is 4.79 Å². The normalized spacial score (nSPS) is 18.5. The highest BCUT2D eigenvalue weighted by Crippen LogP contribution is 2.52. The summed E-state index contributed by atoms with van der Waals surface area (Å²) in [4.78, 5) is 20.7. The number of hydrogen-bond acceptors (Lipinski definition) is 7. The number of nitrogens with zero attached hydrogens (tertiary/aromatic N) is 5. The molecule has 1 aliphatic heterocycles. The first-order chi connectivity index (χ1) is 19.6. The minimum atomic E-state index is -0.760. The lowest BCUT2D eigenvalue weighted by Gasteiger charge is -2.42. The lowest BCUT2D eigenvalue weighted by molar-refractivity contribution is -0.118. The number of nitrogens with two attached hydrogens (primary N) is 1. The summed E-state index contributed by atoms with van der Waals surface area (Å²) >= 11 is 14.7. The molecule has 206 valence electrons. The van der Waals surface area contributed by atoms with E-state index < -0.39 is 5.92 Å². The van der Waals surface area contributed by atoms with Crippen LogP contribution in [0.3, 0.4) is 0 Å². The second-order valence-electron chi connectivity index (χ2n) is 11.0. The van der Waals surface area contributed by atoms with Gasteiger partial charge in [0.15, 0.2) is 10.9 Å². The molecule has 1 aliphatic carbocycles. The van der Waals surface area contributed by atoms with Gasteiger partial charge in [0.25, 0.3) is 0 Å². The Kier molecular flexibility index (Phi) is 6.77. The maximum absolute atomic E-state index is 14.0. The highest BCUT2D eigenvalue weighted by atomic mass is 35.5. The largest absolute Gasteiger partial charge is 0.384 e. The number of benzene rings is 2. The number of thiazole rings is 1. The van der Waals surface area contributed by atoms with E-state index in [0.29, 0.717) is 50.7 Å². The molecule has 6 rings (SSSR count). The molecule has 2 aliphatic rings. The third-order valence-electron chi connectivity index (χ3n) is 7.52. The topological polar surface area (TPSA) is 101 Å². The van der Waals surface area contributed by atoms with Gasteiger partial charge in [0, 0.05) is 39.2 Å². The zero-order chi connectivity index (χ0) is 29.1. The van der Waals surface area contributed by atoms with Crippen LogP contribution in [0.5, 0.6) is 0 Å². The van der Waals surface area contributed by atoms with Gasteiger partial charge < -0.3 is 5.73 Å². The van der Waals surface area contributed by atoms with Crippen molar-refractivity contribution in [3.8, 4) is 23.0 Å². The fraction of sp³-hybridized carbons (Fsp3) is 0.226. The second kappa shape index (κ2) is 10.2. The predicted octanol–water partition coefficient (Wildman–Crippen LogP) is 7.55. The number of anilines is 1. The first kappa shape index (κ1) is 27.3. The van der Waals surface area contributed by atoms with E-state index in [1.807, 2.05) is 54.8 Å². The Bertz CT molecular complexity index is 1810. The van der Waals surface area contributed by atoms with Crippen LogP contribution in [0.4, 0.5) is 5.13 Å². The summed E-state index contributed by atoms with van der Waals surface area (Å²) in [6.45, 7) is 5.95. The van der Waals surface area contributed by atoms with Crippen LogP contribution >= 0.6 is 34.5 Å². The number of aromatic nitrogens is 3. The second-order valence-corrected chi connectivity index (χ2v) is 12.7. The van der Waals surface area contributed by atoms with Crippen LogP contribution in [0.15, 0.2) is 82.6 Å². The number of aryl methyl sites for hydroxylation is 1. The van der Waals surface area contributed by atoms with Crippen LogP contribution < -0.4 is 10.6 Å². The minimum Gasteiger partial charge on any atom is -0.384 e. The highest BCUT2D eigenvalue weighted by molar-refractivity contribution is 7.14. The summed E-state index contributed by atoms with van der Waals surface area (Å²) < 4.78 is 1.58. The predicted molar refractivity (Wildman–Crippen MR) is 163 cm³/mol. The summed E-state index contributed by atoms with van der Waals surface area (Å²) in [5.74, 6) is -0.567. The van der Waals surface area contributed by atoms with E-state index >= 15 is 0 Å². The Morgan fingerprint density at radius 2 is 1.88 bits per heavy atom. The molecule has 4 aromatic rings. The third kappa shape index (κ3) is 4.64. The zero-order valence-corrected chi connectivity index (χ0v) is 25.0. The Hall–Kier alpha value is -3.90. The number of halogens is 2. The van der Waals surface area contributed by atoms with E-state index in [1.165, 1.54) is 11.3 Å². The average Bonchev–Trinajstić information content (AvgIpc) is 3.52. The van der Waals surface area contributed by atoms with Crippen molar-refractivity contribution in [2.75, 3.05) is 4.90 Å². The van der Waals surface area contributed by atoms with Gasteiger partial charge in [0.05, 0.1) is 34.6 Å². The number of carbonyl (C=O) groups is 1. The van der Waals surface area contributed by atoms with Crippen molar-refractivity contribution in [2.45, 2.75) is 39.5 Å². The van der Waals surface area contributed by atoms with Crippen molar-refractivity contribution in [1.82, 2.24) is 14.8 Å². The molecule has 3 heterocycles. The molecule has 2 aromatic carbocycles. The van der Waals surface area contributed by atoms with Crippen molar-refractivity contribution in [1.29, 1.82) is 5.26 Å². The summed E-state index contributed by atoms with van der Waals surface area (Å²) in [5, 5.41) is 18.6. The molecule has 0 radical (unpaired) electrons. The van der Waals surface area contributed by atoms with Crippen molar-refractivity contribution in [3.05, 3.63) is 104 Å². The monoisotopic (exact) mass is 600 g/mol. The van der Waals surface area contributed by atoms with E-state index in [2.05, 4.69) is 19.9 Å². The SMILES string of the molecule is Cc1nn(-c2cccc(Cl)c2)c(Cl)c1C1C(C#N)=C(N)N(c2nc(-c3ccccc3)cs2)C2=C1C(=O)CC(C)(C)C2. The maximum atomic E-state index is 14.0. The molecule has 1 atom stereocenters. The Balaban J connectivity index is 1.56. The molecule has 0 saturated heterocycles. The van der Waals surface area contributed by atoms with Crippen LogP contribution in [0, 0.1) is 23.7 Å². The molecule has 10 heteroatoms. The van der Waals surface area contributed by atoms with Gasteiger partial charge in [-0.3, -0.25) is 9.69 Å². The van der Waals surface area contributed by atoms with Crippen LogP contribution in [0.1, 0.15) is 43.9 Å². The zero-order valence-electron chi connectivity index (χ0n) is 22.7. The van der Waals surface area contributed by atoms with Gasteiger partial charge in [-0.25, -0.2) is 9.67 Å². The summed E-state index contributed by atoms with van der Waals surface area (Å²) in [6, 6.07) is 19.4. The van der Waals surface area contributed by atoms with Gasteiger partial charge >= 0.3 is 0 Å². The number of Topliss-reactive ketones (excluding diaryl/α,β-unsaturated/α-hetero) is 1. The summed E-state index contributed by atoms with van der Waals surface area (Å²) in [7, 11) is 0. The van der Waals surface area contributed by atoms with Gasteiger partial charge in [-0.05, 0) is 37.0 Å². The van der Waals surface area contributed by atoms with E-state index in [9.17, 15) is 10.1 Å². The molecule has 7 nitrogen and oxygen atoms in total. The number of carbonyl (C=O) groups excluding carboxylic acids is 1. The quantitative estimate of drug-likeness (QED) is 0.259. The molecule has 0 amide bonds. The number of hydrogen-bond donors (Lipinski definition) is 1. The van der Waals surface area contributed by atoms with Gasteiger partial charge in [-0.15, -0.1) is 11.3 Å². The molecule has 0 saturated carbocycles. The van der Waals surface area contributed by atoms with E-state index in [1.54, 1.807) is 21.7 Å². The smallest absolute Gasteiger partial charge is 0.195 e. The number of nitriles is 1. The molecular formula is C31H26Cl2N6OS.